The van der Waals surface area contributed by atoms with Crippen molar-refractivity contribution in [3.8, 4) is 0 Å². The Kier molecular flexibility index (Phi) is 6.72. The van der Waals surface area contributed by atoms with Crippen molar-refractivity contribution in [1.29, 1.82) is 0 Å². The van der Waals surface area contributed by atoms with E-state index in [1.54, 1.807) is 0 Å². The maximum absolute atomic E-state index is 8.49. The van der Waals surface area contributed by atoms with Crippen molar-refractivity contribution < 1.29 is 9.84 Å². The molecule has 0 spiro atoms. The highest BCUT2D eigenvalue weighted by Gasteiger charge is 1.94. The summed E-state index contributed by atoms with van der Waals surface area (Å²) >= 11 is 0. The summed E-state index contributed by atoms with van der Waals surface area (Å²) in [6.07, 6.45) is 0.950. The molecule has 0 aliphatic carbocycles. The largest absolute Gasteiger partial charge is 0.394 e. The fourth-order valence-electron chi connectivity index (χ4n) is 1.38. The van der Waals surface area contributed by atoms with Crippen LogP contribution < -0.4 is 5.32 Å². The zero-order valence-electron chi connectivity index (χ0n) is 9.78. The van der Waals surface area contributed by atoms with E-state index in [-0.39, 0.29) is 6.61 Å². The number of hydrogen-bond acceptors (Lipinski definition) is 4. The van der Waals surface area contributed by atoms with Crippen LogP contribution in [0.15, 0.2) is 18.2 Å². The summed E-state index contributed by atoms with van der Waals surface area (Å²) in [4.78, 5) is 4.39. The van der Waals surface area contributed by atoms with E-state index in [1.807, 2.05) is 25.1 Å². The van der Waals surface area contributed by atoms with Gasteiger partial charge >= 0.3 is 0 Å². The fourth-order valence-corrected chi connectivity index (χ4v) is 1.38. The third kappa shape index (κ3) is 5.80. The van der Waals surface area contributed by atoms with Gasteiger partial charge in [0, 0.05) is 18.8 Å². The summed E-state index contributed by atoms with van der Waals surface area (Å²) in [5.74, 6) is 0. The van der Waals surface area contributed by atoms with Gasteiger partial charge in [0.05, 0.1) is 18.9 Å². The molecule has 1 aromatic rings. The molecule has 2 N–H and O–H groups in total. The molecular weight excluding hydrogens is 204 g/mol. The lowest BCUT2D eigenvalue weighted by molar-refractivity contribution is 0.0907. The van der Waals surface area contributed by atoms with E-state index in [1.165, 1.54) is 0 Å². The van der Waals surface area contributed by atoms with Crippen LogP contribution in [0.25, 0.3) is 0 Å². The van der Waals surface area contributed by atoms with Gasteiger partial charge in [-0.1, -0.05) is 6.07 Å². The second kappa shape index (κ2) is 8.21. The van der Waals surface area contributed by atoms with Gasteiger partial charge in [0.2, 0.25) is 0 Å². The van der Waals surface area contributed by atoms with E-state index >= 15 is 0 Å². The Bertz CT molecular complexity index is 292. The van der Waals surface area contributed by atoms with Crippen molar-refractivity contribution >= 4 is 0 Å². The molecule has 0 unspecified atom stereocenters. The average molecular weight is 224 g/mol. The highest BCUT2D eigenvalue weighted by molar-refractivity contribution is 5.09. The topological polar surface area (TPSA) is 54.4 Å². The van der Waals surface area contributed by atoms with Crippen molar-refractivity contribution in [1.82, 2.24) is 10.3 Å². The van der Waals surface area contributed by atoms with E-state index in [9.17, 15) is 0 Å². The van der Waals surface area contributed by atoms with Crippen LogP contribution in [0.3, 0.4) is 0 Å². The van der Waals surface area contributed by atoms with Crippen molar-refractivity contribution in [2.75, 3.05) is 26.4 Å². The van der Waals surface area contributed by atoms with E-state index < -0.39 is 0 Å². The van der Waals surface area contributed by atoms with Crippen LogP contribution >= 0.6 is 0 Å². The molecule has 1 rings (SSSR count). The number of aliphatic hydroxyl groups excluding tert-OH is 1. The molecule has 4 nitrogen and oxygen atoms in total. The van der Waals surface area contributed by atoms with Gasteiger partial charge in [-0.3, -0.25) is 4.98 Å². The van der Waals surface area contributed by atoms with Gasteiger partial charge in [-0.05, 0) is 32.0 Å². The Morgan fingerprint density at radius 2 is 2.25 bits per heavy atom. The summed E-state index contributed by atoms with van der Waals surface area (Å²) in [7, 11) is 0. The molecule has 0 radical (unpaired) electrons. The van der Waals surface area contributed by atoms with Gasteiger partial charge in [0.1, 0.15) is 0 Å². The number of aliphatic hydroxyl groups is 1. The number of nitrogens with zero attached hydrogens (tertiary/aromatic N) is 1. The average Bonchev–Trinajstić information content (AvgIpc) is 2.28. The van der Waals surface area contributed by atoms with Crippen LogP contribution in [-0.4, -0.2) is 36.5 Å². The number of pyridine rings is 1. The molecule has 0 saturated carbocycles. The van der Waals surface area contributed by atoms with Gasteiger partial charge in [-0.15, -0.1) is 0 Å². The summed E-state index contributed by atoms with van der Waals surface area (Å²) < 4.78 is 5.15. The van der Waals surface area contributed by atoms with Crippen LogP contribution in [0.4, 0.5) is 0 Å². The lowest BCUT2D eigenvalue weighted by atomic mass is 10.3. The first-order valence-corrected chi connectivity index (χ1v) is 5.65. The van der Waals surface area contributed by atoms with Crippen molar-refractivity contribution in [2.45, 2.75) is 19.9 Å². The quantitative estimate of drug-likeness (QED) is 0.644. The fraction of sp³-hybridized carbons (Fsp3) is 0.583. The molecule has 0 fully saturated rings. The number of ether oxygens (including phenoxy) is 1. The number of rotatable bonds is 8. The smallest absolute Gasteiger partial charge is 0.0697 e. The minimum atomic E-state index is 0.0979. The zero-order valence-corrected chi connectivity index (χ0v) is 9.78. The second-order valence-corrected chi connectivity index (χ2v) is 3.64. The maximum atomic E-state index is 8.49. The highest BCUT2D eigenvalue weighted by atomic mass is 16.5. The Hall–Kier alpha value is -0.970. The molecule has 1 heterocycles. The molecule has 0 atom stereocenters. The maximum Gasteiger partial charge on any atom is 0.0697 e. The predicted octanol–water partition coefficient (Wildman–Crippen LogP) is 0.879. The Labute approximate surface area is 96.7 Å². The van der Waals surface area contributed by atoms with Gasteiger partial charge in [-0.2, -0.15) is 0 Å². The third-order valence-corrected chi connectivity index (χ3v) is 2.13. The normalized spacial score (nSPS) is 10.6. The third-order valence-electron chi connectivity index (χ3n) is 2.13. The Morgan fingerprint density at radius 1 is 1.38 bits per heavy atom. The summed E-state index contributed by atoms with van der Waals surface area (Å²) in [5, 5.41) is 11.8. The van der Waals surface area contributed by atoms with Crippen molar-refractivity contribution in [3.05, 3.63) is 29.6 Å². The van der Waals surface area contributed by atoms with Gasteiger partial charge in [-0.25, -0.2) is 0 Å². The number of aromatic nitrogens is 1. The van der Waals surface area contributed by atoms with Crippen LogP contribution in [-0.2, 0) is 11.3 Å². The lowest BCUT2D eigenvalue weighted by Gasteiger charge is -2.05. The first-order chi connectivity index (χ1) is 7.83. The van der Waals surface area contributed by atoms with Gasteiger partial charge < -0.3 is 15.2 Å². The predicted molar refractivity (Wildman–Crippen MR) is 63.2 cm³/mol. The molecule has 0 saturated heterocycles. The van der Waals surface area contributed by atoms with E-state index in [2.05, 4.69) is 10.3 Å². The zero-order chi connectivity index (χ0) is 11.6. The molecule has 1 aromatic heterocycles. The van der Waals surface area contributed by atoms with E-state index in [0.717, 1.165) is 30.9 Å². The number of nitrogens with one attached hydrogen (secondary N) is 1. The first-order valence-electron chi connectivity index (χ1n) is 5.65. The van der Waals surface area contributed by atoms with Crippen LogP contribution in [0.2, 0.25) is 0 Å². The molecular formula is C12H20N2O2. The molecule has 0 amide bonds. The Balaban J connectivity index is 2.03. The van der Waals surface area contributed by atoms with Gasteiger partial charge in [0.25, 0.3) is 0 Å². The van der Waals surface area contributed by atoms with Crippen LogP contribution in [0.1, 0.15) is 17.8 Å². The summed E-state index contributed by atoms with van der Waals surface area (Å²) in [6, 6.07) is 6.03. The van der Waals surface area contributed by atoms with Crippen LogP contribution in [0, 0.1) is 6.92 Å². The Morgan fingerprint density at radius 3 is 3.00 bits per heavy atom. The lowest BCUT2D eigenvalue weighted by Crippen LogP contribution is -2.17. The first kappa shape index (κ1) is 13.1. The molecule has 0 aliphatic rings. The highest BCUT2D eigenvalue weighted by Crippen LogP contribution is 1.97. The standard InChI is InChI=1S/C12H20N2O2/c1-11-4-2-5-12(14-11)10-13-6-3-8-16-9-7-15/h2,4-5,13,15H,3,6-10H2,1H3. The second-order valence-electron chi connectivity index (χ2n) is 3.64. The molecule has 0 aliphatic heterocycles. The summed E-state index contributed by atoms with van der Waals surface area (Å²) in [6.45, 7) is 4.91. The van der Waals surface area contributed by atoms with E-state index in [4.69, 9.17) is 9.84 Å². The SMILES string of the molecule is Cc1cccc(CNCCCOCCO)n1. The minimum absolute atomic E-state index is 0.0979. The number of aryl methyl sites for hydroxylation is 1. The summed E-state index contributed by atoms with van der Waals surface area (Å²) in [5.41, 5.74) is 2.11. The molecule has 0 bridgehead atoms. The minimum Gasteiger partial charge on any atom is -0.394 e. The number of hydrogen-bond donors (Lipinski definition) is 2. The monoisotopic (exact) mass is 224 g/mol. The molecule has 16 heavy (non-hydrogen) atoms. The molecule has 90 valence electrons. The molecule has 0 aromatic carbocycles. The van der Waals surface area contributed by atoms with Crippen LogP contribution in [0.5, 0.6) is 0 Å². The van der Waals surface area contributed by atoms with Crippen molar-refractivity contribution in [3.63, 3.8) is 0 Å². The van der Waals surface area contributed by atoms with E-state index in [0.29, 0.717) is 13.2 Å². The molecule has 4 heteroatoms. The van der Waals surface area contributed by atoms with Crippen molar-refractivity contribution in [2.24, 2.45) is 0 Å². The van der Waals surface area contributed by atoms with Gasteiger partial charge in [0.15, 0.2) is 0 Å².